The highest BCUT2D eigenvalue weighted by Gasteiger charge is 2.13. The van der Waals surface area contributed by atoms with Gasteiger partial charge in [-0.3, -0.25) is 9.59 Å². The zero-order valence-electron chi connectivity index (χ0n) is 14.0. The van der Waals surface area contributed by atoms with Crippen LogP contribution < -0.4 is 5.56 Å². The third-order valence-electron chi connectivity index (χ3n) is 4.52. The third kappa shape index (κ3) is 3.14. The zero-order chi connectivity index (χ0) is 18.1. The number of allylic oxidation sites excluding steroid dienone is 4. The summed E-state index contributed by atoms with van der Waals surface area (Å²) in [5.41, 5.74) is 3.60. The molecule has 0 aliphatic heterocycles. The van der Waals surface area contributed by atoms with Crippen molar-refractivity contribution in [3.8, 4) is 0 Å². The van der Waals surface area contributed by atoms with Crippen LogP contribution in [0.25, 0.3) is 16.5 Å². The molecule has 1 aliphatic carbocycles. The zero-order valence-corrected chi connectivity index (χ0v) is 14.7. The molecule has 128 valence electrons. The summed E-state index contributed by atoms with van der Waals surface area (Å²) in [5.74, 6) is -0.0751. The first-order valence-electron chi connectivity index (χ1n) is 8.46. The SMILES string of the molecule is O=C(c1ccc(Cl)cc1)c1ccc2[nH]c(=O)cc(C3=CCCC=C3)c2c1. The van der Waals surface area contributed by atoms with Crippen LogP contribution >= 0.6 is 11.6 Å². The van der Waals surface area contributed by atoms with Crippen LogP contribution in [-0.2, 0) is 0 Å². The van der Waals surface area contributed by atoms with Gasteiger partial charge in [-0.05, 0) is 66.4 Å². The predicted molar refractivity (Wildman–Crippen MR) is 106 cm³/mol. The van der Waals surface area contributed by atoms with Gasteiger partial charge in [0.15, 0.2) is 5.78 Å². The Morgan fingerprint density at radius 1 is 0.962 bits per heavy atom. The van der Waals surface area contributed by atoms with Crippen LogP contribution in [0.4, 0.5) is 0 Å². The molecule has 2 aromatic carbocycles. The summed E-state index contributed by atoms with van der Waals surface area (Å²) in [6, 6.07) is 13.8. The van der Waals surface area contributed by atoms with Crippen LogP contribution in [0.3, 0.4) is 0 Å². The molecule has 0 saturated heterocycles. The van der Waals surface area contributed by atoms with Gasteiger partial charge in [-0.25, -0.2) is 0 Å². The molecule has 0 radical (unpaired) electrons. The number of carbonyl (C=O) groups excluding carboxylic acids is 1. The predicted octanol–water partition coefficient (Wildman–Crippen LogP) is 5.15. The normalized spacial score (nSPS) is 13.7. The van der Waals surface area contributed by atoms with E-state index in [-0.39, 0.29) is 11.3 Å². The number of carbonyl (C=O) groups is 1. The Morgan fingerprint density at radius 2 is 1.73 bits per heavy atom. The largest absolute Gasteiger partial charge is 0.322 e. The molecule has 0 fully saturated rings. The maximum Gasteiger partial charge on any atom is 0.249 e. The maximum absolute atomic E-state index is 12.8. The number of pyridine rings is 1. The fourth-order valence-corrected chi connectivity index (χ4v) is 3.34. The summed E-state index contributed by atoms with van der Waals surface area (Å²) in [4.78, 5) is 27.7. The van der Waals surface area contributed by atoms with Gasteiger partial charge in [-0.2, -0.15) is 0 Å². The van der Waals surface area contributed by atoms with Gasteiger partial charge in [-0.1, -0.05) is 29.8 Å². The van der Waals surface area contributed by atoms with Crippen molar-refractivity contribution in [1.82, 2.24) is 4.98 Å². The Morgan fingerprint density at radius 3 is 2.46 bits per heavy atom. The Kier molecular flexibility index (Phi) is 4.31. The highest BCUT2D eigenvalue weighted by molar-refractivity contribution is 6.30. The van der Waals surface area contributed by atoms with Gasteiger partial charge in [0, 0.05) is 33.1 Å². The number of ketones is 1. The monoisotopic (exact) mass is 361 g/mol. The lowest BCUT2D eigenvalue weighted by molar-refractivity contribution is 0.103. The van der Waals surface area contributed by atoms with E-state index in [0.29, 0.717) is 16.1 Å². The number of benzene rings is 2. The Bertz CT molecular complexity index is 1120. The second-order valence-corrected chi connectivity index (χ2v) is 6.72. The Labute approximate surface area is 155 Å². The van der Waals surface area contributed by atoms with Crippen molar-refractivity contribution in [2.75, 3.05) is 0 Å². The van der Waals surface area contributed by atoms with Crippen LogP contribution in [0.1, 0.15) is 34.3 Å². The molecule has 3 aromatic rings. The van der Waals surface area contributed by atoms with Crippen LogP contribution in [-0.4, -0.2) is 10.8 Å². The Balaban J connectivity index is 1.86. The first kappa shape index (κ1) is 16.6. The lowest BCUT2D eigenvalue weighted by atomic mass is 9.94. The number of hydrogen-bond donors (Lipinski definition) is 1. The van der Waals surface area contributed by atoms with Crippen molar-refractivity contribution in [1.29, 1.82) is 0 Å². The van der Waals surface area contributed by atoms with Crippen molar-refractivity contribution in [3.05, 3.63) is 98.8 Å². The van der Waals surface area contributed by atoms with E-state index in [1.165, 1.54) is 0 Å². The van der Waals surface area contributed by atoms with E-state index in [4.69, 9.17) is 11.6 Å². The van der Waals surface area contributed by atoms with E-state index < -0.39 is 0 Å². The van der Waals surface area contributed by atoms with Crippen molar-refractivity contribution >= 4 is 33.9 Å². The molecule has 0 saturated carbocycles. The van der Waals surface area contributed by atoms with E-state index in [2.05, 4.69) is 17.1 Å². The quantitative estimate of drug-likeness (QED) is 0.656. The molecule has 0 bridgehead atoms. The fourth-order valence-electron chi connectivity index (χ4n) is 3.21. The molecule has 0 unspecified atom stereocenters. The minimum Gasteiger partial charge on any atom is -0.322 e. The standard InChI is InChI=1S/C22H16ClNO2/c23-17-9-6-15(7-10-17)22(26)16-8-11-20-19(12-16)18(13-21(25)24-20)14-4-2-1-3-5-14/h2,4-13H,1,3H2,(H,24,25). The number of nitrogens with one attached hydrogen (secondary N) is 1. The smallest absolute Gasteiger partial charge is 0.249 e. The summed E-state index contributed by atoms with van der Waals surface area (Å²) < 4.78 is 0. The van der Waals surface area contributed by atoms with Crippen molar-refractivity contribution in [2.45, 2.75) is 12.8 Å². The molecule has 1 heterocycles. The van der Waals surface area contributed by atoms with Crippen LogP contribution in [0.2, 0.25) is 5.02 Å². The lowest BCUT2D eigenvalue weighted by Gasteiger charge is -2.11. The first-order valence-corrected chi connectivity index (χ1v) is 8.84. The molecule has 1 aliphatic rings. The van der Waals surface area contributed by atoms with E-state index in [1.54, 1.807) is 42.5 Å². The van der Waals surface area contributed by atoms with Crippen molar-refractivity contribution in [2.24, 2.45) is 0 Å². The van der Waals surface area contributed by atoms with Crippen LogP contribution in [0.5, 0.6) is 0 Å². The molecular formula is C22H16ClNO2. The number of aromatic amines is 1. The molecule has 0 spiro atoms. The van der Waals surface area contributed by atoms with Gasteiger partial charge in [-0.15, -0.1) is 0 Å². The van der Waals surface area contributed by atoms with Gasteiger partial charge >= 0.3 is 0 Å². The molecule has 0 atom stereocenters. The van der Waals surface area contributed by atoms with E-state index in [1.807, 2.05) is 12.1 Å². The number of hydrogen-bond acceptors (Lipinski definition) is 2. The minimum atomic E-state index is -0.149. The highest BCUT2D eigenvalue weighted by Crippen LogP contribution is 2.28. The van der Waals surface area contributed by atoms with Crippen molar-refractivity contribution < 1.29 is 4.79 Å². The van der Waals surface area contributed by atoms with E-state index >= 15 is 0 Å². The van der Waals surface area contributed by atoms with Gasteiger partial charge in [0.1, 0.15) is 0 Å². The van der Waals surface area contributed by atoms with Gasteiger partial charge in [0.05, 0.1) is 0 Å². The molecular weight excluding hydrogens is 346 g/mol. The molecule has 4 heteroatoms. The first-order chi connectivity index (χ1) is 12.6. The lowest BCUT2D eigenvalue weighted by Crippen LogP contribution is -2.08. The average molecular weight is 362 g/mol. The highest BCUT2D eigenvalue weighted by atomic mass is 35.5. The molecule has 1 aromatic heterocycles. The summed E-state index contributed by atoms with van der Waals surface area (Å²) in [6.07, 6.45) is 8.22. The average Bonchev–Trinajstić information content (AvgIpc) is 2.68. The number of H-pyrrole nitrogens is 1. The van der Waals surface area contributed by atoms with Crippen LogP contribution in [0, 0.1) is 0 Å². The summed E-state index contributed by atoms with van der Waals surface area (Å²) in [7, 11) is 0. The topological polar surface area (TPSA) is 49.9 Å². The second-order valence-electron chi connectivity index (χ2n) is 6.28. The maximum atomic E-state index is 12.8. The Hall–Kier alpha value is -2.91. The fraction of sp³-hybridized carbons (Fsp3) is 0.0909. The van der Waals surface area contributed by atoms with Gasteiger partial charge in [0.25, 0.3) is 0 Å². The van der Waals surface area contributed by atoms with Crippen molar-refractivity contribution in [3.63, 3.8) is 0 Å². The van der Waals surface area contributed by atoms with Gasteiger partial charge < -0.3 is 4.98 Å². The number of rotatable bonds is 3. The summed E-state index contributed by atoms with van der Waals surface area (Å²) in [6.45, 7) is 0. The molecule has 3 nitrogen and oxygen atoms in total. The second kappa shape index (κ2) is 6.77. The van der Waals surface area contributed by atoms with Crippen LogP contribution in [0.15, 0.2) is 71.6 Å². The number of fused-ring (bicyclic) bond motifs is 1. The molecule has 0 amide bonds. The third-order valence-corrected chi connectivity index (χ3v) is 4.77. The molecule has 1 N–H and O–H groups in total. The molecule has 4 rings (SSSR count). The summed E-state index contributed by atoms with van der Waals surface area (Å²) >= 11 is 5.90. The number of halogens is 1. The molecule has 26 heavy (non-hydrogen) atoms. The van der Waals surface area contributed by atoms with Gasteiger partial charge in [0.2, 0.25) is 5.56 Å². The summed E-state index contributed by atoms with van der Waals surface area (Å²) in [5, 5.41) is 1.46. The van der Waals surface area contributed by atoms with E-state index in [0.717, 1.165) is 34.9 Å². The number of aromatic nitrogens is 1. The minimum absolute atomic E-state index is 0.0751. The van der Waals surface area contributed by atoms with E-state index in [9.17, 15) is 9.59 Å².